The second kappa shape index (κ2) is 5.74. The summed E-state index contributed by atoms with van der Waals surface area (Å²) in [5.74, 6) is 0.742. The Kier molecular flexibility index (Phi) is 3.80. The summed E-state index contributed by atoms with van der Waals surface area (Å²) in [6, 6.07) is 5.83. The number of fused-ring (bicyclic) bond motifs is 1. The van der Waals surface area contributed by atoms with Gasteiger partial charge in [-0.3, -0.25) is 4.79 Å². The predicted molar refractivity (Wildman–Crippen MR) is 88.4 cm³/mol. The van der Waals surface area contributed by atoms with Crippen LogP contribution >= 0.6 is 11.3 Å². The van der Waals surface area contributed by atoms with Gasteiger partial charge in [0, 0.05) is 11.8 Å². The minimum Gasteiger partial charge on any atom is -0.491 e. The molecule has 0 aliphatic heterocycles. The average molecular weight is 299 g/mol. The minimum atomic E-state index is 0.0570. The van der Waals surface area contributed by atoms with Crippen molar-refractivity contribution in [1.29, 1.82) is 0 Å². The molecule has 3 aromatic rings. The van der Waals surface area contributed by atoms with Crippen LogP contribution < -0.4 is 10.2 Å². The van der Waals surface area contributed by atoms with Crippen LogP contribution in [0.1, 0.15) is 18.9 Å². The van der Waals surface area contributed by atoms with Crippen LogP contribution in [0.3, 0.4) is 0 Å². The van der Waals surface area contributed by atoms with Gasteiger partial charge in [-0.1, -0.05) is 13.0 Å². The molecule has 0 bridgehead atoms. The first-order chi connectivity index (χ1) is 10.2. The SMILES string of the molecule is CCCOc1ccc(C)c2c(=O)c(-c3ccsc3)c[nH]c12. The number of pyridine rings is 1. The molecule has 2 aromatic heterocycles. The van der Waals surface area contributed by atoms with Crippen LogP contribution in [-0.2, 0) is 0 Å². The van der Waals surface area contributed by atoms with Crippen LogP contribution in [-0.4, -0.2) is 11.6 Å². The normalized spacial score (nSPS) is 11.0. The summed E-state index contributed by atoms with van der Waals surface area (Å²) in [5.41, 5.74) is 3.48. The van der Waals surface area contributed by atoms with Gasteiger partial charge in [0.1, 0.15) is 5.75 Å². The van der Waals surface area contributed by atoms with E-state index in [0.29, 0.717) is 17.6 Å². The van der Waals surface area contributed by atoms with E-state index in [-0.39, 0.29) is 5.43 Å². The standard InChI is InChI=1S/C17H17NO2S/c1-3-7-20-14-5-4-11(2)15-16(14)18-9-13(17(15)19)12-6-8-21-10-12/h4-6,8-10H,3,7H2,1-2H3,(H,18,19). The van der Waals surface area contributed by atoms with Crippen molar-refractivity contribution in [2.24, 2.45) is 0 Å². The molecule has 0 radical (unpaired) electrons. The summed E-state index contributed by atoms with van der Waals surface area (Å²) in [7, 11) is 0. The van der Waals surface area contributed by atoms with E-state index in [0.717, 1.165) is 28.8 Å². The van der Waals surface area contributed by atoms with Crippen molar-refractivity contribution in [1.82, 2.24) is 4.98 Å². The Morgan fingerprint density at radius 2 is 2.14 bits per heavy atom. The third-order valence-electron chi connectivity index (χ3n) is 3.50. The highest BCUT2D eigenvalue weighted by atomic mass is 32.1. The van der Waals surface area contributed by atoms with Gasteiger partial charge in [0.15, 0.2) is 5.43 Å². The van der Waals surface area contributed by atoms with Crippen LogP contribution in [0.5, 0.6) is 5.75 Å². The molecule has 2 heterocycles. The second-order valence-electron chi connectivity index (χ2n) is 5.02. The topological polar surface area (TPSA) is 42.1 Å². The second-order valence-corrected chi connectivity index (χ2v) is 5.80. The number of hydrogen-bond acceptors (Lipinski definition) is 3. The van der Waals surface area contributed by atoms with Crippen LogP contribution in [0, 0.1) is 6.92 Å². The van der Waals surface area contributed by atoms with Crippen molar-refractivity contribution in [2.45, 2.75) is 20.3 Å². The molecule has 4 heteroatoms. The maximum Gasteiger partial charge on any atom is 0.197 e. The number of ether oxygens (including phenoxy) is 1. The smallest absolute Gasteiger partial charge is 0.197 e. The molecule has 0 unspecified atom stereocenters. The lowest BCUT2D eigenvalue weighted by molar-refractivity contribution is 0.320. The van der Waals surface area contributed by atoms with Gasteiger partial charge in [0.05, 0.1) is 17.5 Å². The van der Waals surface area contributed by atoms with Gasteiger partial charge in [-0.15, -0.1) is 0 Å². The van der Waals surface area contributed by atoms with Gasteiger partial charge < -0.3 is 9.72 Å². The summed E-state index contributed by atoms with van der Waals surface area (Å²) in [5, 5.41) is 4.68. The fraction of sp³-hybridized carbons (Fsp3) is 0.235. The molecule has 3 nitrogen and oxygen atoms in total. The first kappa shape index (κ1) is 13.9. The van der Waals surface area contributed by atoms with Crippen molar-refractivity contribution in [2.75, 3.05) is 6.61 Å². The highest BCUT2D eigenvalue weighted by Crippen LogP contribution is 2.27. The fourth-order valence-electron chi connectivity index (χ4n) is 2.43. The zero-order valence-corrected chi connectivity index (χ0v) is 12.9. The molecule has 0 saturated heterocycles. The molecule has 3 rings (SSSR count). The number of benzene rings is 1. The first-order valence-electron chi connectivity index (χ1n) is 7.02. The Morgan fingerprint density at radius 1 is 1.29 bits per heavy atom. The molecule has 1 aromatic carbocycles. The van der Waals surface area contributed by atoms with Gasteiger partial charge in [-0.25, -0.2) is 0 Å². The number of aryl methyl sites for hydroxylation is 1. The number of thiophene rings is 1. The molecule has 0 aliphatic carbocycles. The fourth-order valence-corrected chi connectivity index (χ4v) is 3.09. The molecule has 21 heavy (non-hydrogen) atoms. The van der Waals surface area contributed by atoms with Gasteiger partial charge in [-0.2, -0.15) is 11.3 Å². The molecule has 0 aliphatic rings. The zero-order valence-electron chi connectivity index (χ0n) is 12.1. The van der Waals surface area contributed by atoms with Crippen molar-refractivity contribution < 1.29 is 4.74 Å². The molecule has 108 valence electrons. The maximum atomic E-state index is 12.8. The lowest BCUT2D eigenvalue weighted by Crippen LogP contribution is -2.09. The van der Waals surface area contributed by atoms with Crippen molar-refractivity contribution in [3.8, 4) is 16.9 Å². The number of hydrogen-bond donors (Lipinski definition) is 1. The summed E-state index contributed by atoms with van der Waals surface area (Å²) in [6.45, 7) is 4.67. The molecule has 0 spiro atoms. The number of nitrogens with one attached hydrogen (secondary N) is 1. The molecule has 0 saturated carbocycles. The van der Waals surface area contributed by atoms with Crippen LogP contribution in [0.15, 0.2) is 40.0 Å². The van der Waals surface area contributed by atoms with E-state index in [1.54, 1.807) is 17.5 Å². The Bertz CT molecular complexity index is 819. The van der Waals surface area contributed by atoms with E-state index < -0.39 is 0 Å². The van der Waals surface area contributed by atoms with Crippen molar-refractivity contribution in [3.05, 3.63) is 50.9 Å². The zero-order chi connectivity index (χ0) is 14.8. The van der Waals surface area contributed by atoms with Crippen LogP contribution in [0.4, 0.5) is 0 Å². The molecular formula is C17H17NO2S. The summed E-state index contributed by atoms with van der Waals surface area (Å²) < 4.78 is 5.74. The Morgan fingerprint density at radius 3 is 2.86 bits per heavy atom. The highest BCUT2D eigenvalue weighted by Gasteiger charge is 2.13. The quantitative estimate of drug-likeness (QED) is 0.778. The third kappa shape index (κ3) is 2.47. The predicted octanol–water partition coefficient (Wildman–Crippen LogP) is 4.35. The van der Waals surface area contributed by atoms with E-state index in [9.17, 15) is 4.79 Å². The third-order valence-corrected chi connectivity index (χ3v) is 4.19. The first-order valence-corrected chi connectivity index (χ1v) is 7.97. The maximum absolute atomic E-state index is 12.8. The molecule has 0 amide bonds. The van der Waals surface area contributed by atoms with E-state index in [2.05, 4.69) is 11.9 Å². The summed E-state index contributed by atoms with van der Waals surface area (Å²) >= 11 is 1.59. The highest BCUT2D eigenvalue weighted by molar-refractivity contribution is 7.08. The number of H-pyrrole nitrogens is 1. The summed E-state index contributed by atoms with van der Waals surface area (Å²) in [4.78, 5) is 16.0. The minimum absolute atomic E-state index is 0.0570. The lowest BCUT2D eigenvalue weighted by atomic mass is 10.0. The Balaban J connectivity index is 2.24. The number of aromatic nitrogens is 1. The summed E-state index contributed by atoms with van der Waals surface area (Å²) in [6.07, 6.45) is 2.72. The van der Waals surface area contributed by atoms with E-state index >= 15 is 0 Å². The van der Waals surface area contributed by atoms with E-state index in [4.69, 9.17) is 4.74 Å². The monoisotopic (exact) mass is 299 g/mol. The molecular weight excluding hydrogens is 282 g/mol. The average Bonchev–Trinajstić information content (AvgIpc) is 3.01. The largest absolute Gasteiger partial charge is 0.491 e. The molecule has 1 N–H and O–H groups in total. The lowest BCUT2D eigenvalue weighted by Gasteiger charge is -2.11. The van der Waals surface area contributed by atoms with Gasteiger partial charge in [0.25, 0.3) is 0 Å². The van der Waals surface area contributed by atoms with Gasteiger partial charge in [0.2, 0.25) is 0 Å². The van der Waals surface area contributed by atoms with Gasteiger partial charge in [-0.05, 0) is 47.4 Å². The van der Waals surface area contributed by atoms with E-state index in [1.807, 2.05) is 35.9 Å². The van der Waals surface area contributed by atoms with E-state index in [1.165, 1.54) is 0 Å². The molecule has 0 atom stereocenters. The van der Waals surface area contributed by atoms with Crippen molar-refractivity contribution >= 4 is 22.2 Å². The number of aromatic amines is 1. The number of rotatable bonds is 4. The van der Waals surface area contributed by atoms with Crippen LogP contribution in [0.25, 0.3) is 22.0 Å². The van der Waals surface area contributed by atoms with Crippen molar-refractivity contribution in [3.63, 3.8) is 0 Å². The Labute approximate surface area is 127 Å². The van der Waals surface area contributed by atoms with Gasteiger partial charge >= 0.3 is 0 Å². The molecule has 0 fully saturated rings. The Hall–Kier alpha value is -2.07. The van der Waals surface area contributed by atoms with Crippen LogP contribution in [0.2, 0.25) is 0 Å².